The van der Waals surface area contributed by atoms with E-state index in [2.05, 4.69) is 10.2 Å². The van der Waals surface area contributed by atoms with Gasteiger partial charge >= 0.3 is 11.0 Å². The maximum atomic E-state index is 14.1. The van der Waals surface area contributed by atoms with E-state index in [4.69, 9.17) is 0 Å². The van der Waals surface area contributed by atoms with Gasteiger partial charge < -0.3 is 10.2 Å². The minimum absolute atomic E-state index is 0.292. The monoisotopic (exact) mass is 684 g/mol. The van der Waals surface area contributed by atoms with Crippen molar-refractivity contribution in [1.29, 1.82) is 0 Å². The van der Waals surface area contributed by atoms with Crippen LogP contribution in [0.5, 0.6) is 0 Å². The van der Waals surface area contributed by atoms with E-state index in [0.29, 0.717) is 26.1 Å². The summed E-state index contributed by atoms with van der Waals surface area (Å²) >= 11 is 1.74. The first-order valence-corrected chi connectivity index (χ1v) is 16.5. The number of halogens is 4. The summed E-state index contributed by atoms with van der Waals surface area (Å²) in [4.78, 5) is 57.2. The average molecular weight is 685 g/mol. The highest BCUT2D eigenvalue weighted by Crippen LogP contribution is 2.54. The van der Waals surface area contributed by atoms with Crippen LogP contribution in [0.3, 0.4) is 0 Å². The second-order valence-corrected chi connectivity index (χ2v) is 13.1. The molecule has 1 aromatic heterocycles. The number of benzene rings is 3. The zero-order chi connectivity index (χ0) is 33.6. The number of alkyl halides is 3. The number of thiazole rings is 1. The Balaban J connectivity index is 1.43. The van der Waals surface area contributed by atoms with Crippen LogP contribution in [0.1, 0.15) is 35.8 Å². The molecule has 2 aliphatic heterocycles. The number of imide groups is 1. The molecule has 6 rings (SSSR count). The molecule has 244 valence electrons. The number of rotatable bonds is 8. The lowest BCUT2D eigenvalue weighted by atomic mass is 9.83. The van der Waals surface area contributed by atoms with Crippen LogP contribution in [0.15, 0.2) is 82.6 Å². The topological polar surface area (TPSA) is 91.7 Å². The van der Waals surface area contributed by atoms with Crippen molar-refractivity contribution < 1.29 is 31.9 Å². The molecule has 1 N–H and O–H groups in total. The SMILES string of the molecule is CCN(CC)c1ccc(C2c3sc(=O)n(CC(=O)Nc4ccc(F)cc4)c3SC3C(=O)N(c4ccccc4C(F)(F)F)C(=O)C32)cc1. The average Bonchev–Trinajstić information content (AvgIpc) is 3.48. The largest absolute Gasteiger partial charge is 0.418 e. The van der Waals surface area contributed by atoms with Crippen LogP contribution in [-0.2, 0) is 27.1 Å². The third kappa shape index (κ3) is 5.95. The Morgan fingerprint density at radius 2 is 1.57 bits per heavy atom. The van der Waals surface area contributed by atoms with E-state index in [1.165, 1.54) is 41.0 Å². The number of nitrogens with zero attached hydrogens (tertiary/aromatic N) is 3. The van der Waals surface area contributed by atoms with Gasteiger partial charge in [0.15, 0.2) is 0 Å². The van der Waals surface area contributed by atoms with E-state index in [1.807, 2.05) is 26.0 Å². The van der Waals surface area contributed by atoms with Crippen LogP contribution in [-0.4, -0.2) is 40.6 Å². The van der Waals surface area contributed by atoms with Crippen LogP contribution in [0, 0.1) is 11.7 Å². The van der Waals surface area contributed by atoms with Gasteiger partial charge in [0.2, 0.25) is 17.7 Å². The molecular formula is C33H28F4N4O4S2. The van der Waals surface area contributed by atoms with Crippen molar-refractivity contribution in [3.05, 3.63) is 104 Å². The van der Waals surface area contributed by atoms with Crippen molar-refractivity contribution in [2.75, 3.05) is 28.2 Å². The second kappa shape index (κ2) is 12.6. The minimum Gasteiger partial charge on any atom is -0.372 e. The van der Waals surface area contributed by atoms with Crippen molar-refractivity contribution >= 4 is 57.9 Å². The van der Waals surface area contributed by atoms with Crippen molar-refractivity contribution in [2.24, 2.45) is 5.92 Å². The summed E-state index contributed by atoms with van der Waals surface area (Å²) in [6.45, 7) is 5.07. The van der Waals surface area contributed by atoms with Crippen LogP contribution < -0.4 is 20.0 Å². The molecule has 0 spiro atoms. The summed E-state index contributed by atoms with van der Waals surface area (Å²) in [5.74, 6) is -4.67. The lowest BCUT2D eigenvalue weighted by Crippen LogP contribution is -2.33. The van der Waals surface area contributed by atoms with Gasteiger partial charge in [-0.25, -0.2) is 9.29 Å². The molecule has 47 heavy (non-hydrogen) atoms. The molecule has 0 bridgehead atoms. The van der Waals surface area contributed by atoms with E-state index >= 15 is 0 Å². The Hall–Kier alpha value is -4.43. The Bertz CT molecular complexity index is 1900. The lowest BCUT2D eigenvalue weighted by Gasteiger charge is -2.31. The van der Waals surface area contributed by atoms with Crippen molar-refractivity contribution in [2.45, 2.75) is 42.8 Å². The van der Waals surface area contributed by atoms with Gasteiger partial charge in [0.05, 0.1) is 22.2 Å². The zero-order valence-corrected chi connectivity index (χ0v) is 26.7. The van der Waals surface area contributed by atoms with Gasteiger partial charge in [0.25, 0.3) is 0 Å². The molecule has 0 aliphatic carbocycles. The summed E-state index contributed by atoms with van der Waals surface area (Å²) < 4.78 is 56.7. The number of amides is 3. The van der Waals surface area contributed by atoms with E-state index in [1.54, 1.807) is 12.1 Å². The third-order valence-electron chi connectivity index (χ3n) is 8.31. The fourth-order valence-corrected chi connectivity index (χ4v) is 8.89. The molecule has 0 radical (unpaired) electrons. The Kier molecular flexibility index (Phi) is 8.74. The summed E-state index contributed by atoms with van der Waals surface area (Å²) in [6, 6.07) is 16.9. The lowest BCUT2D eigenvalue weighted by molar-refractivity contribution is -0.137. The normalized spacial score (nSPS) is 19.0. The Morgan fingerprint density at radius 1 is 0.915 bits per heavy atom. The summed E-state index contributed by atoms with van der Waals surface area (Å²) in [5.41, 5.74) is 0.157. The van der Waals surface area contributed by atoms with Crippen molar-refractivity contribution in [3.63, 3.8) is 0 Å². The molecule has 1 fully saturated rings. The van der Waals surface area contributed by atoms with Crippen molar-refractivity contribution in [3.8, 4) is 0 Å². The van der Waals surface area contributed by atoms with Gasteiger partial charge in [-0.2, -0.15) is 13.2 Å². The maximum absolute atomic E-state index is 14.1. The number of nitrogens with one attached hydrogen (secondary N) is 1. The Labute approximate surface area is 275 Å². The molecule has 4 aromatic rings. The van der Waals surface area contributed by atoms with Gasteiger partial charge in [-0.05, 0) is 67.9 Å². The molecule has 3 aromatic carbocycles. The van der Waals surface area contributed by atoms with Crippen LogP contribution in [0.25, 0.3) is 0 Å². The summed E-state index contributed by atoms with van der Waals surface area (Å²) in [7, 11) is 0. The number of anilines is 3. The fourth-order valence-electron chi connectivity index (χ4n) is 6.12. The fraction of sp³-hybridized carbons (Fsp3) is 0.273. The van der Waals surface area contributed by atoms with Gasteiger partial charge in [0, 0.05) is 35.3 Å². The van der Waals surface area contributed by atoms with Gasteiger partial charge in [-0.3, -0.25) is 23.7 Å². The van der Waals surface area contributed by atoms with Gasteiger partial charge in [0.1, 0.15) is 17.6 Å². The zero-order valence-electron chi connectivity index (χ0n) is 25.1. The predicted octanol–water partition coefficient (Wildman–Crippen LogP) is 6.35. The van der Waals surface area contributed by atoms with Gasteiger partial charge in [-0.1, -0.05) is 47.4 Å². The van der Waals surface area contributed by atoms with Gasteiger partial charge in [-0.15, -0.1) is 0 Å². The molecule has 3 heterocycles. The molecule has 2 aliphatic rings. The number of carbonyl (C=O) groups excluding carboxylic acids is 3. The second-order valence-electron chi connectivity index (χ2n) is 11.0. The number of fused-ring (bicyclic) bond motifs is 2. The number of carbonyl (C=O) groups is 3. The molecule has 3 amide bonds. The summed E-state index contributed by atoms with van der Waals surface area (Å²) in [5, 5.41) is 1.74. The molecule has 3 unspecified atom stereocenters. The first-order chi connectivity index (χ1) is 22.4. The maximum Gasteiger partial charge on any atom is 0.418 e. The summed E-state index contributed by atoms with van der Waals surface area (Å²) in [6.07, 6.45) is -4.82. The minimum atomic E-state index is -4.82. The quantitative estimate of drug-likeness (QED) is 0.172. The number of thioether (sulfide) groups is 1. The standard InChI is InChI=1S/C33H28F4N4O4S2/c1-3-39(4-2)21-15-9-18(10-16-21)25-26-27(30(44)41(29(26)43)23-8-6-5-7-22(23)33(35,36)37)46-31-28(25)47-32(45)40(31)17-24(42)38-20-13-11-19(34)12-14-20/h5-16,25-27H,3-4,17H2,1-2H3,(H,38,42). The highest BCUT2D eigenvalue weighted by atomic mass is 32.2. The van der Waals surface area contributed by atoms with Crippen LogP contribution in [0.2, 0.25) is 0 Å². The van der Waals surface area contributed by atoms with Crippen LogP contribution in [0.4, 0.5) is 34.6 Å². The smallest absolute Gasteiger partial charge is 0.372 e. The van der Waals surface area contributed by atoms with Crippen LogP contribution >= 0.6 is 23.1 Å². The number of hydrogen-bond donors (Lipinski definition) is 1. The molecule has 0 saturated carbocycles. The van der Waals surface area contributed by atoms with Crippen molar-refractivity contribution in [1.82, 2.24) is 4.57 Å². The highest BCUT2D eigenvalue weighted by molar-refractivity contribution is 8.00. The third-order valence-corrected chi connectivity index (χ3v) is 10.9. The van der Waals surface area contributed by atoms with E-state index in [-0.39, 0.29) is 0 Å². The predicted molar refractivity (Wildman–Crippen MR) is 173 cm³/mol. The number of hydrogen-bond acceptors (Lipinski definition) is 7. The first-order valence-electron chi connectivity index (χ1n) is 14.8. The molecule has 14 heteroatoms. The molecule has 3 atom stereocenters. The van der Waals surface area contributed by atoms with E-state index in [9.17, 15) is 36.7 Å². The molecule has 1 saturated heterocycles. The van der Waals surface area contributed by atoms with E-state index in [0.717, 1.165) is 54.0 Å². The highest BCUT2D eigenvalue weighted by Gasteiger charge is 2.57. The number of para-hydroxylation sites is 1. The Morgan fingerprint density at radius 3 is 2.21 bits per heavy atom. The first kappa shape index (κ1) is 32.5. The van der Waals surface area contributed by atoms with E-state index < -0.39 is 69.5 Å². The molecule has 8 nitrogen and oxygen atoms in total. The number of aromatic nitrogens is 1. The molecular weight excluding hydrogens is 657 g/mol.